The number of aliphatic carboxylic acids is 1. The fourth-order valence-corrected chi connectivity index (χ4v) is 3.97. The van der Waals surface area contributed by atoms with Gasteiger partial charge in [0.15, 0.2) is 0 Å². The van der Waals surface area contributed by atoms with Crippen molar-refractivity contribution in [2.75, 3.05) is 6.61 Å². The van der Waals surface area contributed by atoms with Crippen molar-refractivity contribution in [3.8, 4) is 11.1 Å². The first-order chi connectivity index (χ1) is 13.4. The zero-order chi connectivity index (χ0) is 20.3. The lowest BCUT2D eigenvalue weighted by molar-refractivity contribution is -0.139. The van der Waals surface area contributed by atoms with Gasteiger partial charge < -0.3 is 15.2 Å². The van der Waals surface area contributed by atoms with E-state index in [0.717, 1.165) is 17.5 Å². The second kappa shape index (κ2) is 8.05. The lowest BCUT2D eigenvalue weighted by Crippen LogP contribution is -2.52. The van der Waals surface area contributed by atoms with Crippen LogP contribution in [-0.4, -0.2) is 29.3 Å². The molecule has 0 aliphatic heterocycles. The number of carboxylic acid groups (broad SMARTS) is 1. The van der Waals surface area contributed by atoms with Gasteiger partial charge in [-0.1, -0.05) is 68.8 Å². The number of fused-ring (bicyclic) bond motifs is 3. The molecule has 0 bridgehead atoms. The van der Waals surface area contributed by atoms with Crippen LogP contribution in [0.4, 0.5) is 4.79 Å². The number of hydrogen-bond acceptors (Lipinski definition) is 3. The van der Waals surface area contributed by atoms with Gasteiger partial charge in [0.1, 0.15) is 6.61 Å². The molecule has 28 heavy (non-hydrogen) atoms. The molecule has 0 saturated heterocycles. The number of benzene rings is 2. The van der Waals surface area contributed by atoms with E-state index in [4.69, 9.17) is 4.74 Å². The van der Waals surface area contributed by atoms with Crippen LogP contribution in [0, 0.1) is 5.92 Å². The number of carboxylic acids is 1. The van der Waals surface area contributed by atoms with Crippen molar-refractivity contribution in [2.24, 2.45) is 5.92 Å². The summed E-state index contributed by atoms with van der Waals surface area (Å²) >= 11 is 0. The summed E-state index contributed by atoms with van der Waals surface area (Å²) in [5.41, 5.74) is 3.77. The maximum Gasteiger partial charge on any atom is 0.407 e. The molecule has 1 aliphatic carbocycles. The van der Waals surface area contributed by atoms with Crippen LogP contribution in [0.2, 0.25) is 0 Å². The lowest BCUT2D eigenvalue weighted by Gasteiger charge is -2.34. The minimum atomic E-state index is -0.943. The SMILES string of the molecule is CCC(C)C(C)(CC(=O)O)NC(=O)OCC1c2ccccc2-c2ccccc21. The standard InChI is InChI=1S/C23H27NO4/c1-4-15(2)23(3,13-21(25)26)24-22(27)28-14-20-18-11-7-5-9-16(18)17-10-6-8-12-19(17)20/h5-12,15,20H,4,13-14H2,1-3H3,(H,24,27)(H,25,26). The first-order valence-corrected chi connectivity index (χ1v) is 9.70. The molecule has 0 radical (unpaired) electrons. The summed E-state index contributed by atoms with van der Waals surface area (Å²) < 4.78 is 5.57. The van der Waals surface area contributed by atoms with Crippen molar-refractivity contribution >= 4 is 12.1 Å². The number of nitrogens with one attached hydrogen (secondary N) is 1. The molecule has 3 rings (SSSR count). The van der Waals surface area contributed by atoms with Gasteiger partial charge in [0.05, 0.1) is 12.0 Å². The molecule has 0 spiro atoms. The van der Waals surface area contributed by atoms with Crippen LogP contribution in [0.5, 0.6) is 0 Å². The first-order valence-electron chi connectivity index (χ1n) is 9.70. The van der Waals surface area contributed by atoms with Crippen LogP contribution in [0.1, 0.15) is 50.7 Å². The topological polar surface area (TPSA) is 75.6 Å². The Morgan fingerprint density at radius 3 is 2.14 bits per heavy atom. The summed E-state index contributed by atoms with van der Waals surface area (Å²) in [6.45, 7) is 5.89. The third kappa shape index (κ3) is 3.88. The van der Waals surface area contributed by atoms with E-state index in [1.165, 1.54) is 11.1 Å². The van der Waals surface area contributed by atoms with Crippen molar-refractivity contribution in [3.63, 3.8) is 0 Å². The monoisotopic (exact) mass is 381 g/mol. The molecule has 1 amide bonds. The van der Waals surface area contributed by atoms with Crippen molar-refractivity contribution < 1.29 is 19.4 Å². The van der Waals surface area contributed by atoms with E-state index in [2.05, 4.69) is 29.6 Å². The predicted molar refractivity (Wildman–Crippen MR) is 108 cm³/mol. The van der Waals surface area contributed by atoms with Crippen LogP contribution in [0.25, 0.3) is 11.1 Å². The zero-order valence-electron chi connectivity index (χ0n) is 16.6. The fourth-order valence-electron chi connectivity index (χ4n) is 3.97. The Balaban J connectivity index is 1.73. The van der Waals surface area contributed by atoms with Crippen LogP contribution >= 0.6 is 0 Å². The number of amides is 1. The minimum Gasteiger partial charge on any atom is -0.481 e. The number of carbonyl (C=O) groups excluding carboxylic acids is 1. The third-order valence-electron chi connectivity index (χ3n) is 5.95. The van der Waals surface area contributed by atoms with Gasteiger partial charge in [0, 0.05) is 5.92 Å². The van der Waals surface area contributed by atoms with Crippen molar-refractivity contribution in [3.05, 3.63) is 59.7 Å². The Kier molecular flexibility index (Phi) is 5.73. The molecule has 0 saturated carbocycles. The molecule has 5 nitrogen and oxygen atoms in total. The molecule has 0 heterocycles. The number of rotatable bonds is 7. The summed E-state index contributed by atoms with van der Waals surface area (Å²) in [7, 11) is 0. The van der Waals surface area contributed by atoms with Crippen LogP contribution in [0.15, 0.2) is 48.5 Å². The molecular weight excluding hydrogens is 354 g/mol. The van der Waals surface area contributed by atoms with E-state index in [9.17, 15) is 14.7 Å². The largest absolute Gasteiger partial charge is 0.481 e. The number of alkyl carbamates (subject to hydrolysis) is 1. The van der Waals surface area contributed by atoms with Crippen molar-refractivity contribution in [1.82, 2.24) is 5.32 Å². The maximum atomic E-state index is 12.5. The second-order valence-electron chi connectivity index (χ2n) is 7.75. The molecule has 2 unspecified atom stereocenters. The van der Waals surface area contributed by atoms with Crippen LogP contribution < -0.4 is 5.32 Å². The van der Waals surface area contributed by atoms with Crippen molar-refractivity contribution in [2.45, 2.75) is 45.1 Å². The Hall–Kier alpha value is -2.82. The van der Waals surface area contributed by atoms with Crippen LogP contribution in [-0.2, 0) is 9.53 Å². The Labute approximate surface area is 165 Å². The normalized spacial score (nSPS) is 15.8. The molecular formula is C23H27NO4. The molecule has 0 fully saturated rings. The van der Waals surface area contributed by atoms with E-state index < -0.39 is 17.6 Å². The fraction of sp³-hybridized carbons (Fsp3) is 0.391. The molecule has 2 atom stereocenters. The summed E-state index contributed by atoms with van der Waals surface area (Å²) in [6.07, 6.45) is 0.0329. The zero-order valence-corrected chi connectivity index (χ0v) is 16.6. The average Bonchev–Trinajstić information content (AvgIpc) is 2.99. The third-order valence-corrected chi connectivity index (χ3v) is 5.95. The lowest BCUT2D eigenvalue weighted by atomic mass is 9.82. The van der Waals surface area contributed by atoms with E-state index in [0.29, 0.717) is 0 Å². The highest BCUT2D eigenvalue weighted by Crippen LogP contribution is 2.44. The van der Waals surface area contributed by atoms with Gasteiger partial charge in [-0.25, -0.2) is 4.79 Å². The highest BCUT2D eigenvalue weighted by molar-refractivity contribution is 5.79. The van der Waals surface area contributed by atoms with Gasteiger partial charge in [-0.2, -0.15) is 0 Å². The number of hydrogen-bond donors (Lipinski definition) is 2. The molecule has 148 valence electrons. The molecule has 2 N–H and O–H groups in total. The summed E-state index contributed by atoms with van der Waals surface area (Å²) in [4.78, 5) is 23.8. The molecule has 1 aliphatic rings. The highest BCUT2D eigenvalue weighted by atomic mass is 16.5. The Bertz CT molecular complexity index is 833. The number of carbonyl (C=O) groups is 2. The maximum absolute atomic E-state index is 12.5. The molecule has 5 heteroatoms. The Morgan fingerprint density at radius 2 is 1.64 bits per heavy atom. The highest BCUT2D eigenvalue weighted by Gasteiger charge is 2.35. The second-order valence-corrected chi connectivity index (χ2v) is 7.75. The van der Waals surface area contributed by atoms with Gasteiger partial charge in [-0.15, -0.1) is 0 Å². The van der Waals surface area contributed by atoms with E-state index in [-0.39, 0.29) is 24.9 Å². The number of ether oxygens (including phenoxy) is 1. The molecule has 2 aromatic rings. The smallest absolute Gasteiger partial charge is 0.407 e. The first kappa shape index (κ1) is 19.9. The van der Waals surface area contributed by atoms with Gasteiger partial charge in [0.2, 0.25) is 0 Å². The van der Waals surface area contributed by atoms with Gasteiger partial charge in [-0.3, -0.25) is 4.79 Å². The van der Waals surface area contributed by atoms with E-state index in [1.54, 1.807) is 6.92 Å². The van der Waals surface area contributed by atoms with E-state index in [1.807, 2.05) is 38.1 Å². The van der Waals surface area contributed by atoms with E-state index >= 15 is 0 Å². The molecule has 0 aromatic heterocycles. The summed E-state index contributed by atoms with van der Waals surface area (Å²) in [5, 5.41) is 12.0. The van der Waals surface area contributed by atoms with Gasteiger partial charge >= 0.3 is 12.1 Å². The van der Waals surface area contributed by atoms with Crippen molar-refractivity contribution in [1.29, 1.82) is 0 Å². The van der Waals surface area contributed by atoms with Gasteiger partial charge in [0.25, 0.3) is 0 Å². The molecule has 2 aromatic carbocycles. The van der Waals surface area contributed by atoms with Gasteiger partial charge in [-0.05, 0) is 35.1 Å². The predicted octanol–water partition coefficient (Wildman–Crippen LogP) is 4.80. The quantitative estimate of drug-likeness (QED) is 0.722. The summed E-state index contributed by atoms with van der Waals surface area (Å²) in [5.74, 6) is -0.960. The summed E-state index contributed by atoms with van der Waals surface area (Å²) in [6, 6.07) is 16.3. The average molecular weight is 381 g/mol. The Morgan fingerprint density at radius 1 is 1.11 bits per heavy atom. The van der Waals surface area contributed by atoms with Crippen LogP contribution in [0.3, 0.4) is 0 Å². The minimum absolute atomic E-state index is 0.00378.